The largest absolute Gasteiger partial charge is 0.481 e. The van der Waals surface area contributed by atoms with Crippen LogP contribution >= 0.6 is 0 Å². The maximum absolute atomic E-state index is 11.6. The van der Waals surface area contributed by atoms with Gasteiger partial charge in [0.2, 0.25) is 0 Å². The Balaban J connectivity index is 2.13. The molecule has 0 atom stereocenters. The molecule has 1 amide bonds. The van der Waals surface area contributed by atoms with Gasteiger partial charge in [-0.3, -0.25) is 4.79 Å². The van der Waals surface area contributed by atoms with Crippen LogP contribution in [-0.2, 0) is 9.53 Å². The third-order valence-electron chi connectivity index (χ3n) is 2.94. The van der Waals surface area contributed by atoms with Crippen molar-refractivity contribution in [2.45, 2.75) is 0 Å². The van der Waals surface area contributed by atoms with Gasteiger partial charge in [0, 0.05) is 11.1 Å². The van der Waals surface area contributed by atoms with Crippen LogP contribution in [0, 0.1) is 0 Å². The van der Waals surface area contributed by atoms with Crippen LogP contribution < -0.4 is 5.32 Å². The fourth-order valence-electron chi connectivity index (χ4n) is 2.07. The fraction of sp³-hybridized carbons (Fsp3) is 0.0625. The standard InChI is InChI=1S/C16H13NO2/c18-14-11-19-16(13-9-5-2-6-10-13)15(17-14)12-7-3-1-4-8-12/h1-10H,11H2,(H,17,18). The van der Waals surface area contributed by atoms with Gasteiger partial charge in [0.1, 0.15) is 0 Å². The van der Waals surface area contributed by atoms with Crippen LogP contribution in [0.2, 0.25) is 0 Å². The highest BCUT2D eigenvalue weighted by Gasteiger charge is 2.21. The van der Waals surface area contributed by atoms with Gasteiger partial charge in [-0.2, -0.15) is 0 Å². The van der Waals surface area contributed by atoms with Crippen LogP contribution in [0.5, 0.6) is 0 Å². The van der Waals surface area contributed by atoms with E-state index in [1.807, 2.05) is 60.7 Å². The molecule has 0 unspecified atom stereocenters. The first kappa shape index (κ1) is 11.5. The SMILES string of the molecule is O=C1COC(c2ccccc2)=C(c2ccccc2)N1. The Labute approximate surface area is 111 Å². The van der Waals surface area contributed by atoms with Crippen molar-refractivity contribution in [2.75, 3.05) is 6.61 Å². The number of ether oxygens (including phenoxy) is 1. The molecular weight excluding hydrogens is 238 g/mol. The maximum Gasteiger partial charge on any atom is 0.262 e. The van der Waals surface area contributed by atoms with Crippen LogP contribution in [-0.4, -0.2) is 12.5 Å². The lowest BCUT2D eigenvalue weighted by molar-refractivity contribution is -0.123. The molecule has 19 heavy (non-hydrogen) atoms. The molecule has 0 aliphatic carbocycles. The predicted molar refractivity (Wildman–Crippen MR) is 73.8 cm³/mol. The minimum absolute atomic E-state index is 0.0561. The lowest BCUT2D eigenvalue weighted by Gasteiger charge is -2.22. The smallest absolute Gasteiger partial charge is 0.262 e. The number of benzene rings is 2. The molecule has 0 saturated heterocycles. The van der Waals surface area contributed by atoms with E-state index >= 15 is 0 Å². The molecular formula is C16H13NO2. The summed E-state index contributed by atoms with van der Waals surface area (Å²) in [5.74, 6) is 0.588. The van der Waals surface area contributed by atoms with Crippen molar-refractivity contribution in [3.05, 3.63) is 71.8 Å². The highest BCUT2D eigenvalue weighted by molar-refractivity contribution is 5.98. The second-order valence-electron chi connectivity index (χ2n) is 4.27. The van der Waals surface area contributed by atoms with Crippen molar-refractivity contribution in [1.29, 1.82) is 0 Å². The lowest BCUT2D eigenvalue weighted by Crippen LogP contribution is -2.31. The number of rotatable bonds is 2. The summed E-state index contributed by atoms with van der Waals surface area (Å²) in [6, 6.07) is 19.5. The molecule has 1 aliphatic rings. The monoisotopic (exact) mass is 251 g/mol. The van der Waals surface area contributed by atoms with E-state index in [1.54, 1.807) is 0 Å². The third-order valence-corrected chi connectivity index (χ3v) is 2.94. The molecule has 94 valence electrons. The summed E-state index contributed by atoms with van der Waals surface area (Å²) in [6.45, 7) is 0.0561. The normalized spacial score (nSPS) is 14.8. The quantitative estimate of drug-likeness (QED) is 0.891. The van der Waals surface area contributed by atoms with Gasteiger partial charge in [-0.1, -0.05) is 60.7 Å². The molecule has 1 N–H and O–H groups in total. The molecule has 1 aliphatic heterocycles. The minimum atomic E-state index is -0.126. The number of amides is 1. The number of hydrogen-bond acceptors (Lipinski definition) is 2. The third kappa shape index (κ3) is 2.36. The van der Waals surface area contributed by atoms with Gasteiger partial charge < -0.3 is 10.1 Å². The van der Waals surface area contributed by atoms with E-state index in [1.165, 1.54) is 0 Å². The Bertz CT molecular complexity index is 618. The van der Waals surface area contributed by atoms with E-state index in [-0.39, 0.29) is 12.5 Å². The molecule has 3 nitrogen and oxygen atoms in total. The number of hydrogen-bond donors (Lipinski definition) is 1. The topological polar surface area (TPSA) is 38.3 Å². The van der Waals surface area contributed by atoms with Crippen LogP contribution in [0.25, 0.3) is 11.5 Å². The van der Waals surface area contributed by atoms with Crippen LogP contribution in [0.15, 0.2) is 60.7 Å². The Kier molecular flexibility index (Phi) is 3.02. The van der Waals surface area contributed by atoms with Crippen LogP contribution in [0.3, 0.4) is 0 Å². The summed E-state index contributed by atoms with van der Waals surface area (Å²) >= 11 is 0. The number of nitrogens with one attached hydrogen (secondary N) is 1. The number of carbonyl (C=O) groups is 1. The Morgan fingerprint density at radius 2 is 1.42 bits per heavy atom. The molecule has 0 saturated carbocycles. The average molecular weight is 251 g/mol. The van der Waals surface area contributed by atoms with E-state index in [4.69, 9.17) is 4.74 Å². The van der Waals surface area contributed by atoms with E-state index in [0.717, 1.165) is 16.8 Å². The van der Waals surface area contributed by atoms with Crippen molar-refractivity contribution in [2.24, 2.45) is 0 Å². The minimum Gasteiger partial charge on any atom is -0.481 e. The van der Waals surface area contributed by atoms with E-state index in [9.17, 15) is 4.79 Å². The second kappa shape index (κ2) is 4.98. The molecule has 2 aromatic carbocycles. The van der Waals surface area contributed by atoms with Crippen molar-refractivity contribution in [1.82, 2.24) is 5.32 Å². The molecule has 0 radical (unpaired) electrons. The highest BCUT2D eigenvalue weighted by Crippen LogP contribution is 2.27. The van der Waals surface area contributed by atoms with Crippen molar-refractivity contribution >= 4 is 17.4 Å². The first-order valence-corrected chi connectivity index (χ1v) is 6.12. The van der Waals surface area contributed by atoms with E-state index in [2.05, 4.69) is 5.32 Å². The van der Waals surface area contributed by atoms with Crippen LogP contribution in [0.1, 0.15) is 11.1 Å². The highest BCUT2D eigenvalue weighted by atomic mass is 16.5. The summed E-state index contributed by atoms with van der Waals surface area (Å²) in [5, 5.41) is 2.90. The van der Waals surface area contributed by atoms with Gasteiger partial charge in [0.25, 0.3) is 5.91 Å². The molecule has 3 rings (SSSR count). The molecule has 0 aromatic heterocycles. The molecule has 2 aromatic rings. The molecule has 0 spiro atoms. The molecule has 0 bridgehead atoms. The zero-order valence-electron chi connectivity index (χ0n) is 10.3. The summed E-state index contributed by atoms with van der Waals surface area (Å²) in [4.78, 5) is 11.6. The Morgan fingerprint density at radius 3 is 2.05 bits per heavy atom. The van der Waals surface area contributed by atoms with Crippen LogP contribution in [0.4, 0.5) is 0 Å². The van der Waals surface area contributed by atoms with Gasteiger partial charge in [-0.05, 0) is 0 Å². The summed E-state index contributed by atoms with van der Waals surface area (Å²) in [5.41, 5.74) is 2.62. The van der Waals surface area contributed by atoms with Gasteiger partial charge in [-0.25, -0.2) is 0 Å². The van der Waals surface area contributed by atoms with Gasteiger partial charge >= 0.3 is 0 Å². The Hall–Kier alpha value is -2.55. The average Bonchev–Trinajstić information content (AvgIpc) is 2.49. The first-order chi connectivity index (χ1) is 9.34. The van der Waals surface area contributed by atoms with Crippen molar-refractivity contribution < 1.29 is 9.53 Å². The molecule has 1 heterocycles. The maximum atomic E-state index is 11.6. The second-order valence-corrected chi connectivity index (χ2v) is 4.27. The van der Waals surface area contributed by atoms with Gasteiger partial charge in [0.15, 0.2) is 12.4 Å². The zero-order valence-corrected chi connectivity index (χ0v) is 10.3. The molecule has 3 heteroatoms. The first-order valence-electron chi connectivity index (χ1n) is 6.12. The van der Waals surface area contributed by atoms with E-state index in [0.29, 0.717) is 5.76 Å². The zero-order chi connectivity index (χ0) is 13.1. The van der Waals surface area contributed by atoms with Crippen molar-refractivity contribution in [3.63, 3.8) is 0 Å². The fourth-order valence-corrected chi connectivity index (χ4v) is 2.07. The van der Waals surface area contributed by atoms with Gasteiger partial charge in [0.05, 0.1) is 5.70 Å². The Morgan fingerprint density at radius 1 is 0.842 bits per heavy atom. The van der Waals surface area contributed by atoms with E-state index < -0.39 is 0 Å². The molecule has 0 fully saturated rings. The van der Waals surface area contributed by atoms with Crippen molar-refractivity contribution in [3.8, 4) is 0 Å². The van der Waals surface area contributed by atoms with Gasteiger partial charge in [-0.15, -0.1) is 0 Å². The number of carbonyl (C=O) groups excluding carboxylic acids is 1. The summed E-state index contributed by atoms with van der Waals surface area (Å²) < 4.78 is 5.61. The summed E-state index contributed by atoms with van der Waals surface area (Å²) in [6.07, 6.45) is 0. The predicted octanol–water partition coefficient (Wildman–Crippen LogP) is 2.66. The summed E-state index contributed by atoms with van der Waals surface area (Å²) in [7, 11) is 0. The lowest BCUT2D eigenvalue weighted by atomic mass is 10.1.